The summed E-state index contributed by atoms with van der Waals surface area (Å²) in [7, 11) is 0. The Hall–Kier alpha value is -2.38. The molecule has 49 heavy (non-hydrogen) atoms. The van der Waals surface area contributed by atoms with E-state index in [1.54, 1.807) is 0 Å². The van der Waals surface area contributed by atoms with Crippen LogP contribution in [-0.2, 0) is 23.9 Å². The SMILES string of the molecule is CC(=O)O[C@H]1CC[C@]2(C)[C@H]3CC[C@@H]4C5=C(C(C)C)C(=O)C[C@]5(NC(=O)C5(NC(=O)OC(C)(C)C)CCC5)CC[C@@]4(C)[C@]3(C)CC[C@H]2C1(C)C. The molecule has 0 aromatic rings. The predicted molar refractivity (Wildman–Crippen MR) is 189 cm³/mol. The van der Waals surface area contributed by atoms with Crippen molar-refractivity contribution < 1.29 is 28.7 Å². The third kappa shape index (κ3) is 5.41. The molecule has 2 N–H and O–H groups in total. The normalized spacial score (nSPS) is 40.6. The predicted octanol–water partition coefficient (Wildman–Crippen LogP) is 8.21. The van der Waals surface area contributed by atoms with Gasteiger partial charge in [-0.1, -0.05) is 48.5 Å². The number of rotatable bonds is 5. The van der Waals surface area contributed by atoms with Gasteiger partial charge in [-0.2, -0.15) is 0 Å². The first-order chi connectivity index (χ1) is 22.6. The van der Waals surface area contributed by atoms with Crippen LogP contribution in [0.15, 0.2) is 11.1 Å². The Bertz CT molecular complexity index is 1450. The third-order valence-corrected chi connectivity index (χ3v) is 15.4. The fourth-order valence-corrected chi connectivity index (χ4v) is 12.9. The number of ether oxygens (including phenoxy) is 2. The molecule has 8 atom stereocenters. The van der Waals surface area contributed by atoms with Crippen LogP contribution < -0.4 is 10.6 Å². The van der Waals surface area contributed by atoms with E-state index in [9.17, 15) is 19.2 Å². The molecule has 0 heterocycles. The summed E-state index contributed by atoms with van der Waals surface area (Å²) in [5.41, 5.74) is -0.190. The van der Waals surface area contributed by atoms with Crippen LogP contribution in [0.1, 0.15) is 153 Å². The molecule has 5 fully saturated rings. The van der Waals surface area contributed by atoms with Gasteiger partial charge in [0.2, 0.25) is 5.91 Å². The highest BCUT2D eigenvalue weighted by atomic mass is 16.6. The zero-order chi connectivity index (χ0) is 36.2. The van der Waals surface area contributed by atoms with Crippen molar-refractivity contribution >= 4 is 23.8 Å². The van der Waals surface area contributed by atoms with Crippen molar-refractivity contribution in [3.05, 3.63) is 11.1 Å². The Morgan fingerprint density at radius 1 is 0.816 bits per heavy atom. The minimum Gasteiger partial charge on any atom is -0.462 e. The highest BCUT2D eigenvalue weighted by molar-refractivity contribution is 6.03. The van der Waals surface area contributed by atoms with E-state index in [-0.39, 0.29) is 57.3 Å². The number of hydrogen-bond donors (Lipinski definition) is 2. The molecular formula is C41H64N2O6. The second kappa shape index (κ2) is 11.6. The van der Waals surface area contributed by atoms with Crippen molar-refractivity contribution in [1.29, 1.82) is 0 Å². The average molecular weight is 681 g/mol. The van der Waals surface area contributed by atoms with E-state index < -0.39 is 22.8 Å². The highest BCUT2D eigenvalue weighted by Gasteiger charge is 2.70. The van der Waals surface area contributed by atoms with Gasteiger partial charge in [0.25, 0.3) is 0 Å². The number of fused-ring (bicyclic) bond motifs is 7. The van der Waals surface area contributed by atoms with Crippen LogP contribution in [0, 0.1) is 45.3 Å². The van der Waals surface area contributed by atoms with E-state index in [1.165, 1.54) is 12.5 Å². The second-order valence-electron chi connectivity index (χ2n) is 19.8. The summed E-state index contributed by atoms with van der Waals surface area (Å²) in [6.07, 6.45) is 9.62. The largest absolute Gasteiger partial charge is 0.462 e. The number of Topliss-reactive ketones (excluding diaryl/α,β-unsaturated/α-hetero) is 1. The van der Waals surface area contributed by atoms with Crippen molar-refractivity contribution in [2.75, 3.05) is 0 Å². The summed E-state index contributed by atoms with van der Waals surface area (Å²) in [5, 5.41) is 6.46. The Morgan fingerprint density at radius 3 is 2.06 bits per heavy atom. The minimum atomic E-state index is -1.01. The number of hydrogen-bond acceptors (Lipinski definition) is 6. The lowest BCUT2D eigenvalue weighted by atomic mass is 9.33. The van der Waals surface area contributed by atoms with Crippen LogP contribution in [0.25, 0.3) is 0 Å². The molecule has 0 aromatic carbocycles. The van der Waals surface area contributed by atoms with E-state index in [2.05, 4.69) is 59.1 Å². The quantitative estimate of drug-likeness (QED) is 0.283. The summed E-state index contributed by atoms with van der Waals surface area (Å²) in [6.45, 7) is 23.5. The lowest BCUT2D eigenvalue weighted by Gasteiger charge is -2.72. The average Bonchev–Trinajstić information content (AvgIpc) is 3.23. The van der Waals surface area contributed by atoms with Gasteiger partial charge in [-0.05, 0) is 142 Å². The number of alkyl carbamates (subject to hydrolysis) is 1. The first-order valence-corrected chi connectivity index (χ1v) is 19.3. The van der Waals surface area contributed by atoms with Gasteiger partial charge in [-0.3, -0.25) is 14.4 Å². The van der Waals surface area contributed by atoms with Gasteiger partial charge in [0.05, 0.1) is 5.54 Å². The molecule has 0 bridgehead atoms. The summed E-state index contributed by atoms with van der Waals surface area (Å²) < 4.78 is 11.5. The standard InChI is InChI=1S/C41H64N2O6/c1-24(2)31-27(45)23-41(42-33(46)40(17-12-18-40)43-34(47)49-35(4,5)6)22-21-38(10)26(32(31)41)13-14-29-37(9)19-16-30(48-25(3)44)36(7,8)28(37)15-20-39(29,38)11/h24,26,28-30H,12-23H2,1-11H3,(H,42,46)(H,43,47)/t26-,28+,29-,30+,37+,38-,39-,41-/m1/s1. The van der Waals surface area contributed by atoms with Gasteiger partial charge < -0.3 is 20.1 Å². The molecule has 2 amide bonds. The van der Waals surface area contributed by atoms with Gasteiger partial charge >= 0.3 is 12.1 Å². The molecule has 274 valence electrons. The minimum absolute atomic E-state index is 0.0297. The van der Waals surface area contributed by atoms with Crippen LogP contribution in [0.2, 0.25) is 0 Å². The number of carbonyl (C=O) groups excluding carboxylic acids is 4. The van der Waals surface area contributed by atoms with Crippen LogP contribution in [0.4, 0.5) is 4.79 Å². The highest BCUT2D eigenvalue weighted by Crippen LogP contribution is 2.76. The van der Waals surface area contributed by atoms with E-state index in [4.69, 9.17) is 9.47 Å². The topological polar surface area (TPSA) is 111 Å². The smallest absolute Gasteiger partial charge is 0.408 e. The number of esters is 1. The number of allylic oxidation sites excluding steroid dienone is 1. The van der Waals surface area contributed by atoms with Crippen LogP contribution in [-0.4, -0.2) is 46.5 Å². The molecule has 6 aliphatic carbocycles. The Morgan fingerprint density at radius 2 is 1.49 bits per heavy atom. The molecule has 0 aliphatic heterocycles. The van der Waals surface area contributed by atoms with Gasteiger partial charge in [-0.15, -0.1) is 0 Å². The molecule has 0 spiro atoms. The third-order valence-electron chi connectivity index (χ3n) is 15.4. The maximum absolute atomic E-state index is 14.4. The molecule has 6 rings (SSSR count). The lowest BCUT2D eigenvalue weighted by molar-refractivity contribution is -0.231. The van der Waals surface area contributed by atoms with Gasteiger partial charge in [0.1, 0.15) is 17.2 Å². The van der Waals surface area contributed by atoms with Crippen molar-refractivity contribution in [3.8, 4) is 0 Å². The fourth-order valence-electron chi connectivity index (χ4n) is 12.9. The van der Waals surface area contributed by atoms with E-state index >= 15 is 0 Å². The lowest BCUT2D eigenvalue weighted by Crippen LogP contribution is -2.70. The molecule has 5 saturated carbocycles. The number of carbonyl (C=O) groups is 4. The summed E-state index contributed by atoms with van der Waals surface area (Å²) in [4.78, 5) is 53.4. The van der Waals surface area contributed by atoms with Crippen LogP contribution >= 0.6 is 0 Å². The Balaban J connectivity index is 1.33. The van der Waals surface area contributed by atoms with Crippen molar-refractivity contribution in [2.24, 2.45) is 45.3 Å². The molecular weight excluding hydrogens is 616 g/mol. The molecule has 8 nitrogen and oxygen atoms in total. The van der Waals surface area contributed by atoms with Crippen LogP contribution in [0.3, 0.4) is 0 Å². The van der Waals surface area contributed by atoms with Crippen molar-refractivity contribution in [1.82, 2.24) is 10.6 Å². The van der Waals surface area contributed by atoms with Gasteiger partial charge in [0, 0.05) is 18.8 Å². The summed E-state index contributed by atoms with van der Waals surface area (Å²) >= 11 is 0. The molecule has 0 radical (unpaired) electrons. The first kappa shape index (κ1) is 36.4. The monoisotopic (exact) mass is 680 g/mol. The summed E-state index contributed by atoms with van der Waals surface area (Å²) in [5.74, 6) is 1.07. The van der Waals surface area contributed by atoms with E-state index in [0.717, 1.165) is 63.4 Å². The molecule has 0 unspecified atom stereocenters. The van der Waals surface area contributed by atoms with Crippen molar-refractivity contribution in [2.45, 2.75) is 176 Å². The van der Waals surface area contributed by atoms with Gasteiger partial charge in [0.15, 0.2) is 5.78 Å². The number of amides is 2. The van der Waals surface area contributed by atoms with E-state index in [1.807, 2.05) is 20.8 Å². The Labute approximate surface area is 295 Å². The fraction of sp³-hybridized carbons (Fsp3) is 0.854. The number of ketones is 1. The maximum atomic E-state index is 14.4. The second-order valence-corrected chi connectivity index (χ2v) is 19.8. The van der Waals surface area contributed by atoms with Crippen molar-refractivity contribution in [3.63, 3.8) is 0 Å². The molecule has 0 saturated heterocycles. The molecule has 8 heteroatoms. The maximum Gasteiger partial charge on any atom is 0.408 e. The zero-order valence-corrected chi connectivity index (χ0v) is 32.3. The molecule has 0 aromatic heterocycles. The van der Waals surface area contributed by atoms with Crippen LogP contribution in [0.5, 0.6) is 0 Å². The summed E-state index contributed by atoms with van der Waals surface area (Å²) in [6, 6.07) is 0. The molecule has 6 aliphatic rings. The zero-order valence-electron chi connectivity index (χ0n) is 32.3. The Kier molecular flexibility index (Phi) is 8.59. The first-order valence-electron chi connectivity index (χ1n) is 19.3. The number of nitrogens with one attached hydrogen (secondary N) is 2. The van der Waals surface area contributed by atoms with Gasteiger partial charge in [-0.25, -0.2) is 4.79 Å². The van der Waals surface area contributed by atoms with E-state index in [0.29, 0.717) is 31.1 Å².